The molecule has 1 atom stereocenters. The average Bonchev–Trinajstić information content (AvgIpc) is 2.99. The first-order valence-electron chi connectivity index (χ1n) is 8.90. The van der Waals surface area contributed by atoms with E-state index in [1.54, 1.807) is 27.3 Å². The third kappa shape index (κ3) is 4.70. The van der Waals surface area contributed by atoms with Gasteiger partial charge < -0.3 is 5.11 Å². The van der Waals surface area contributed by atoms with Gasteiger partial charge in [-0.05, 0) is 38.1 Å². The van der Waals surface area contributed by atoms with E-state index in [4.69, 9.17) is 0 Å². The first-order valence-corrected chi connectivity index (χ1v) is 10.3. The molecule has 1 saturated heterocycles. The quantitative estimate of drug-likeness (QED) is 0.810. The number of β-amino-alcohol motifs (C(OH)–C–C–N with tert-alkyl or cyclic N) is 1. The van der Waals surface area contributed by atoms with Gasteiger partial charge in [-0.1, -0.05) is 17.7 Å². The van der Waals surface area contributed by atoms with Crippen LogP contribution in [0.3, 0.4) is 0 Å². The van der Waals surface area contributed by atoms with Crippen LogP contribution in [-0.4, -0.2) is 71.3 Å². The predicted molar refractivity (Wildman–Crippen MR) is 99.2 cm³/mol. The molecule has 2 heterocycles. The van der Waals surface area contributed by atoms with Gasteiger partial charge in [0.1, 0.15) is 0 Å². The Labute approximate surface area is 154 Å². The van der Waals surface area contributed by atoms with Crippen molar-refractivity contribution in [2.75, 3.05) is 32.7 Å². The number of aliphatic hydroxyl groups is 1. The lowest BCUT2D eigenvalue weighted by Crippen LogP contribution is -2.38. The van der Waals surface area contributed by atoms with E-state index >= 15 is 0 Å². The topological polar surface area (TPSA) is 78.7 Å². The van der Waals surface area contributed by atoms with E-state index in [0.29, 0.717) is 37.6 Å². The average molecular weight is 378 g/mol. The summed E-state index contributed by atoms with van der Waals surface area (Å²) < 4.78 is 28.9. The van der Waals surface area contributed by atoms with Crippen LogP contribution in [0.25, 0.3) is 0 Å². The monoisotopic (exact) mass is 378 g/mol. The summed E-state index contributed by atoms with van der Waals surface area (Å²) in [7, 11) is -3.46. The zero-order valence-electron chi connectivity index (χ0n) is 15.0. The molecule has 8 heteroatoms. The molecule has 142 valence electrons. The van der Waals surface area contributed by atoms with Crippen molar-refractivity contribution < 1.29 is 13.5 Å². The van der Waals surface area contributed by atoms with Gasteiger partial charge in [0.2, 0.25) is 10.0 Å². The van der Waals surface area contributed by atoms with Crippen LogP contribution < -0.4 is 0 Å². The van der Waals surface area contributed by atoms with Crippen LogP contribution >= 0.6 is 0 Å². The molecule has 1 aromatic carbocycles. The SMILES string of the molecule is Cc1ccc(S(=O)(=O)N2CCCN(CC(O)Cn3cccn3)CC2)cc1. The number of hydrogen-bond acceptors (Lipinski definition) is 5. The minimum absolute atomic E-state index is 0.343. The van der Waals surface area contributed by atoms with Crippen molar-refractivity contribution >= 4 is 10.0 Å². The fraction of sp³-hybridized carbons (Fsp3) is 0.500. The van der Waals surface area contributed by atoms with Crippen molar-refractivity contribution in [2.45, 2.75) is 30.9 Å². The van der Waals surface area contributed by atoms with Gasteiger partial charge >= 0.3 is 0 Å². The van der Waals surface area contributed by atoms with Gasteiger partial charge in [-0.25, -0.2) is 8.42 Å². The van der Waals surface area contributed by atoms with Gasteiger partial charge in [0, 0.05) is 38.6 Å². The summed E-state index contributed by atoms with van der Waals surface area (Å²) >= 11 is 0. The molecule has 1 unspecified atom stereocenters. The fourth-order valence-electron chi connectivity index (χ4n) is 3.21. The van der Waals surface area contributed by atoms with Crippen molar-refractivity contribution in [1.29, 1.82) is 0 Å². The van der Waals surface area contributed by atoms with Gasteiger partial charge in [-0.2, -0.15) is 9.40 Å². The number of aryl methyl sites for hydroxylation is 1. The minimum atomic E-state index is -3.46. The van der Waals surface area contributed by atoms with E-state index in [-0.39, 0.29) is 0 Å². The van der Waals surface area contributed by atoms with Crippen LogP contribution in [0.5, 0.6) is 0 Å². The van der Waals surface area contributed by atoms with Crippen molar-refractivity contribution in [3.8, 4) is 0 Å². The zero-order valence-corrected chi connectivity index (χ0v) is 15.8. The lowest BCUT2D eigenvalue weighted by Gasteiger charge is -2.24. The number of aliphatic hydroxyl groups excluding tert-OH is 1. The predicted octanol–water partition coefficient (Wildman–Crippen LogP) is 0.949. The van der Waals surface area contributed by atoms with Crippen LogP contribution in [0.15, 0.2) is 47.6 Å². The Morgan fingerprint density at radius 2 is 1.88 bits per heavy atom. The second-order valence-corrected chi connectivity index (χ2v) is 8.69. The molecule has 1 fully saturated rings. The maximum atomic E-state index is 12.8. The molecule has 1 aliphatic rings. The van der Waals surface area contributed by atoms with Crippen LogP contribution in [-0.2, 0) is 16.6 Å². The Balaban J connectivity index is 1.58. The Morgan fingerprint density at radius 3 is 2.58 bits per heavy atom. The Hall–Kier alpha value is -1.74. The molecule has 0 aliphatic carbocycles. The molecule has 0 saturated carbocycles. The Morgan fingerprint density at radius 1 is 1.12 bits per heavy atom. The fourth-order valence-corrected chi connectivity index (χ4v) is 4.68. The molecule has 1 N–H and O–H groups in total. The van der Waals surface area contributed by atoms with E-state index in [1.807, 2.05) is 31.3 Å². The first-order chi connectivity index (χ1) is 12.4. The standard InChI is InChI=1S/C18H26N4O3S/c1-16-4-6-18(7-5-16)26(24,25)22-11-3-9-20(12-13-22)14-17(23)15-21-10-2-8-19-21/h2,4-8,10,17,23H,3,9,11-15H2,1H3. The van der Waals surface area contributed by atoms with Crippen LogP contribution in [0.2, 0.25) is 0 Å². The molecule has 2 aromatic rings. The Kier molecular flexibility index (Phi) is 6.08. The highest BCUT2D eigenvalue weighted by Crippen LogP contribution is 2.18. The summed E-state index contributed by atoms with van der Waals surface area (Å²) in [6.07, 6.45) is 3.73. The lowest BCUT2D eigenvalue weighted by molar-refractivity contribution is 0.0973. The van der Waals surface area contributed by atoms with Gasteiger partial charge in [0.15, 0.2) is 0 Å². The van der Waals surface area contributed by atoms with E-state index in [1.165, 1.54) is 0 Å². The second kappa shape index (κ2) is 8.30. The van der Waals surface area contributed by atoms with E-state index < -0.39 is 16.1 Å². The second-order valence-electron chi connectivity index (χ2n) is 6.75. The minimum Gasteiger partial charge on any atom is -0.390 e. The third-order valence-corrected chi connectivity index (χ3v) is 6.55. The summed E-state index contributed by atoms with van der Waals surface area (Å²) in [4.78, 5) is 2.47. The first kappa shape index (κ1) is 19.0. The number of hydrogen-bond donors (Lipinski definition) is 1. The van der Waals surface area contributed by atoms with E-state index in [9.17, 15) is 13.5 Å². The molecule has 26 heavy (non-hydrogen) atoms. The molecular weight excluding hydrogens is 352 g/mol. The lowest BCUT2D eigenvalue weighted by atomic mass is 10.2. The smallest absolute Gasteiger partial charge is 0.243 e. The van der Waals surface area contributed by atoms with Gasteiger partial charge in [0.25, 0.3) is 0 Å². The molecule has 0 bridgehead atoms. The number of benzene rings is 1. The molecule has 1 aromatic heterocycles. The van der Waals surface area contributed by atoms with Crippen LogP contribution in [0.1, 0.15) is 12.0 Å². The summed E-state index contributed by atoms with van der Waals surface area (Å²) in [5.41, 5.74) is 1.04. The van der Waals surface area contributed by atoms with Crippen molar-refractivity contribution in [3.63, 3.8) is 0 Å². The highest BCUT2D eigenvalue weighted by atomic mass is 32.2. The highest BCUT2D eigenvalue weighted by Gasteiger charge is 2.27. The molecule has 1 aliphatic heterocycles. The summed E-state index contributed by atoms with van der Waals surface area (Å²) in [5, 5.41) is 14.4. The maximum absolute atomic E-state index is 12.8. The molecule has 0 radical (unpaired) electrons. The normalized spacial score (nSPS) is 18.5. The molecule has 0 spiro atoms. The summed E-state index contributed by atoms with van der Waals surface area (Å²) in [5.74, 6) is 0. The summed E-state index contributed by atoms with van der Waals surface area (Å²) in [6, 6.07) is 8.81. The highest BCUT2D eigenvalue weighted by molar-refractivity contribution is 7.89. The zero-order chi connectivity index (χ0) is 18.6. The number of rotatable bonds is 6. The van der Waals surface area contributed by atoms with E-state index in [0.717, 1.165) is 18.5 Å². The number of nitrogens with zero attached hydrogens (tertiary/aromatic N) is 4. The van der Waals surface area contributed by atoms with Crippen LogP contribution in [0.4, 0.5) is 0 Å². The number of aromatic nitrogens is 2. The van der Waals surface area contributed by atoms with Crippen molar-refractivity contribution in [1.82, 2.24) is 19.0 Å². The largest absolute Gasteiger partial charge is 0.390 e. The molecule has 7 nitrogen and oxygen atoms in total. The Bertz CT molecular complexity index is 790. The molecular formula is C18H26N4O3S. The molecule has 0 amide bonds. The molecule has 3 rings (SSSR count). The van der Waals surface area contributed by atoms with Gasteiger partial charge in [-0.3, -0.25) is 9.58 Å². The van der Waals surface area contributed by atoms with Gasteiger partial charge in [-0.15, -0.1) is 0 Å². The summed E-state index contributed by atoms with van der Waals surface area (Å²) in [6.45, 7) is 5.21. The number of sulfonamides is 1. The van der Waals surface area contributed by atoms with Crippen LogP contribution in [0, 0.1) is 6.92 Å². The third-order valence-electron chi connectivity index (χ3n) is 4.63. The maximum Gasteiger partial charge on any atom is 0.243 e. The van der Waals surface area contributed by atoms with Gasteiger partial charge in [0.05, 0.1) is 17.5 Å². The van der Waals surface area contributed by atoms with E-state index in [2.05, 4.69) is 10.00 Å². The van der Waals surface area contributed by atoms with Crippen molar-refractivity contribution in [3.05, 3.63) is 48.3 Å². The van der Waals surface area contributed by atoms with Crippen molar-refractivity contribution in [2.24, 2.45) is 0 Å².